The normalized spacial score (nSPS) is 17.7. The van der Waals surface area contributed by atoms with E-state index in [1.165, 1.54) is 28.6 Å². The number of hydrogen-bond acceptors (Lipinski definition) is 8. The summed E-state index contributed by atoms with van der Waals surface area (Å²) in [6, 6.07) is 9.24. The van der Waals surface area contributed by atoms with Gasteiger partial charge in [0.25, 0.3) is 5.78 Å². The molecule has 1 unspecified atom stereocenters. The van der Waals surface area contributed by atoms with E-state index in [2.05, 4.69) is 21.8 Å². The second-order valence-electron chi connectivity index (χ2n) is 6.68. The van der Waals surface area contributed by atoms with Crippen LogP contribution in [0.3, 0.4) is 0 Å². The first-order valence-corrected chi connectivity index (χ1v) is 10.2. The van der Waals surface area contributed by atoms with Crippen LogP contribution in [0, 0.1) is 6.92 Å². The number of rotatable bonds is 6. The van der Waals surface area contributed by atoms with E-state index in [-0.39, 0.29) is 16.5 Å². The number of aliphatic hydroxyl groups is 1. The van der Waals surface area contributed by atoms with Gasteiger partial charge in [0.2, 0.25) is 5.13 Å². The number of anilines is 1. The van der Waals surface area contributed by atoms with Gasteiger partial charge in [0.05, 0.1) is 11.6 Å². The molecule has 1 N–H and O–H groups in total. The van der Waals surface area contributed by atoms with Crippen LogP contribution < -0.4 is 9.64 Å². The maximum atomic E-state index is 13.0. The van der Waals surface area contributed by atoms with Crippen molar-refractivity contribution in [3.05, 3.63) is 83.2 Å². The van der Waals surface area contributed by atoms with Crippen LogP contribution >= 0.6 is 11.3 Å². The van der Waals surface area contributed by atoms with Gasteiger partial charge in [0.1, 0.15) is 23.1 Å². The molecular weight excluding hydrogens is 416 g/mol. The number of pyridine rings is 1. The molecule has 8 nitrogen and oxygen atoms in total. The summed E-state index contributed by atoms with van der Waals surface area (Å²) in [5.41, 5.74) is 0.930. The van der Waals surface area contributed by atoms with Gasteiger partial charge in [-0.1, -0.05) is 36.1 Å². The predicted octanol–water partition coefficient (Wildman–Crippen LogP) is 3.43. The Morgan fingerprint density at radius 1 is 1.26 bits per heavy atom. The van der Waals surface area contributed by atoms with Crippen molar-refractivity contribution in [3.8, 4) is 5.75 Å². The zero-order valence-electron chi connectivity index (χ0n) is 16.6. The Morgan fingerprint density at radius 3 is 2.71 bits per heavy atom. The van der Waals surface area contributed by atoms with Gasteiger partial charge in [-0.3, -0.25) is 19.5 Å². The van der Waals surface area contributed by atoms with Crippen molar-refractivity contribution < 1.29 is 19.4 Å². The summed E-state index contributed by atoms with van der Waals surface area (Å²) in [4.78, 5) is 31.3. The van der Waals surface area contributed by atoms with E-state index in [0.717, 1.165) is 0 Å². The highest BCUT2D eigenvalue weighted by Crippen LogP contribution is 2.43. The van der Waals surface area contributed by atoms with E-state index in [9.17, 15) is 14.7 Å². The number of nitrogens with zero attached hydrogens (tertiary/aromatic N) is 4. The molecule has 1 aromatic carbocycles. The summed E-state index contributed by atoms with van der Waals surface area (Å²) < 4.78 is 5.62. The lowest BCUT2D eigenvalue weighted by molar-refractivity contribution is -0.132. The van der Waals surface area contributed by atoms with Gasteiger partial charge >= 0.3 is 5.91 Å². The van der Waals surface area contributed by atoms with Crippen molar-refractivity contribution in [2.45, 2.75) is 13.0 Å². The van der Waals surface area contributed by atoms with Crippen LogP contribution in [0.1, 0.15) is 22.2 Å². The van der Waals surface area contributed by atoms with E-state index in [1.807, 2.05) is 0 Å². The Kier molecular flexibility index (Phi) is 5.59. The highest BCUT2D eigenvalue weighted by Gasteiger charge is 2.48. The van der Waals surface area contributed by atoms with Crippen LogP contribution in [0.15, 0.2) is 67.0 Å². The van der Waals surface area contributed by atoms with Gasteiger partial charge in [-0.05, 0) is 36.8 Å². The van der Waals surface area contributed by atoms with Gasteiger partial charge in [-0.25, -0.2) is 0 Å². The molecule has 0 bridgehead atoms. The molecule has 1 aliphatic heterocycles. The van der Waals surface area contributed by atoms with Crippen molar-refractivity contribution in [3.63, 3.8) is 0 Å². The third kappa shape index (κ3) is 3.82. The van der Waals surface area contributed by atoms with E-state index >= 15 is 0 Å². The van der Waals surface area contributed by atoms with Gasteiger partial charge < -0.3 is 9.84 Å². The molecule has 3 heterocycles. The smallest absolute Gasteiger partial charge is 0.301 e. The first kappa shape index (κ1) is 20.4. The molecule has 1 aliphatic rings. The fourth-order valence-corrected chi connectivity index (χ4v) is 4.04. The molecule has 3 aromatic rings. The minimum absolute atomic E-state index is 0.0371. The fourth-order valence-electron chi connectivity index (χ4n) is 3.32. The minimum atomic E-state index is -0.896. The highest BCUT2D eigenvalue weighted by molar-refractivity contribution is 7.15. The number of aromatic nitrogens is 3. The molecule has 0 saturated carbocycles. The van der Waals surface area contributed by atoms with E-state index in [1.54, 1.807) is 49.4 Å². The maximum Gasteiger partial charge on any atom is 0.301 e. The van der Waals surface area contributed by atoms with E-state index < -0.39 is 17.7 Å². The molecule has 1 amide bonds. The zero-order chi connectivity index (χ0) is 22.0. The third-order valence-electron chi connectivity index (χ3n) is 4.66. The van der Waals surface area contributed by atoms with Crippen molar-refractivity contribution >= 4 is 33.9 Å². The standard InChI is InChI=1S/C22H18N4O4S/c1-3-11-30-16-6-4-5-15(12-16)18-17(19(27)14-7-9-23-10-8-14)20(28)21(29)26(18)22-25-24-13(2)31-22/h3-10,12,18,27H,1,11H2,2H3/b19-17+. The number of Topliss-reactive ketones (excluding diaryl/α,β-unsaturated/α-hetero) is 1. The Morgan fingerprint density at radius 2 is 2.03 bits per heavy atom. The number of aryl methyl sites for hydroxylation is 1. The predicted molar refractivity (Wildman–Crippen MR) is 116 cm³/mol. The molecule has 4 rings (SSSR count). The quantitative estimate of drug-likeness (QED) is 0.274. The molecule has 31 heavy (non-hydrogen) atoms. The van der Waals surface area contributed by atoms with Crippen LogP contribution in [-0.4, -0.2) is 38.6 Å². The number of benzene rings is 1. The molecule has 1 atom stereocenters. The second kappa shape index (κ2) is 8.49. The first-order valence-electron chi connectivity index (χ1n) is 9.36. The number of amides is 1. The topological polar surface area (TPSA) is 106 Å². The van der Waals surface area contributed by atoms with Crippen LogP contribution in [0.4, 0.5) is 5.13 Å². The van der Waals surface area contributed by atoms with Crippen molar-refractivity contribution in [2.75, 3.05) is 11.5 Å². The van der Waals surface area contributed by atoms with Crippen LogP contribution in [0.5, 0.6) is 5.75 Å². The Balaban J connectivity index is 1.91. The lowest BCUT2D eigenvalue weighted by atomic mass is 9.95. The third-order valence-corrected chi connectivity index (χ3v) is 5.50. The average molecular weight is 434 g/mol. The number of aliphatic hydroxyl groups excluding tert-OH is 1. The first-order chi connectivity index (χ1) is 15.0. The number of carbonyl (C=O) groups is 2. The van der Waals surface area contributed by atoms with Gasteiger partial charge in [0.15, 0.2) is 0 Å². The molecule has 1 saturated heterocycles. The fraction of sp³-hybridized carbons (Fsp3) is 0.136. The minimum Gasteiger partial charge on any atom is -0.507 e. The maximum absolute atomic E-state index is 13.0. The molecule has 9 heteroatoms. The molecule has 1 fully saturated rings. The van der Waals surface area contributed by atoms with Crippen LogP contribution in [0.2, 0.25) is 0 Å². The monoisotopic (exact) mass is 434 g/mol. The zero-order valence-corrected chi connectivity index (χ0v) is 17.4. The van der Waals surface area contributed by atoms with Gasteiger partial charge in [-0.15, -0.1) is 10.2 Å². The van der Waals surface area contributed by atoms with Crippen LogP contribution in [-0.2, 0) is 9.59 Å². The number of carbonyl (C=O) groups excluding carboxylic acids is 2. The summed E-state index contributed by atoms with van der Waals surface area (Å²) in [6.45, 7) is 5.70. The Bertz CT molecular complexity index is 1190. The largest absolute Gasteiger partial charge is 0.507 e. The number of ether oxygens (including phenoxy) is 1. The molecule has 0 aliphatic carbocycles. The summed E-state index contributed by atoms with van der Waals surface area (Å²) in [5, 5.41) is 20.0. The summed E-state index contributed by atoms with van der Waals surface area (Å²) in [7, 11) is 0. The molecule has 0 spiro atoms. The molecule has 156 valence electrons. The number of ketones is 1. The van der Waals surface area contributed by atoms with E-state index in [4.69, 9.17) is 4.74 Å². The second-order valence-corrected chi connectivity index (χ2v) is 7.84. The summed E-state index contributed by atoms with van der Waals surface area (Å²) >= 11 is 1.19. The van der Waals surface area contributed by atoms with Gasteiger partial charge in [0, 0.05) is 18.0 Å². The van der Waals surface area contributed by atoms with Crippen molar-refractivity contribution in [1.82, 2.24) is 15.2 Å². The lowest BCUT2D eigenvalue weighted by Crippen LogP contribution is -2.29. The van der Waals surface area contributed by atoms with Crippen LogP contribution in [0.25, 0.3) is 5.76 Å². The highest BCUT2D eigenvalue weighted by atomic mass is 32.1. The van der Waals surface area contributed by atoms with E-state index in [0.29, 0.717) is 28.5 Å². The Hall–Kier alpha value is -3.85. The molecule has 0 radical (unpaired) electrons. The molecule has 2 aromatic heterocycles. The van der Waals surface area contributed by atoms with Crippen molar-refractivity contribution in [2.24, 2.45) is 0 Å². The molecular formula is C22H18N4O4S. The average Bonchev–Trinajstić information content (AvgIpc) is 3.33. The number of hydrogen-bond donors (Lipinski definition) is 1. The van der Waals surface area contributed by atoms with Gasteiger partial charge in [-0.2, -0.15) is 0 Å². The summed E-state index contributed by atoms with van der Waals surface area (Å²) in [6.07, 6.45) is 4.61. The summed E-state index contributed by atoms with van der Waals surface area (Å²) in [5.74, 6) is -1.33. The van der Waals surface area contributed by atoms with Crippen molar-refractivity contribution in [1.29, 1.82) is 0 Å². The Labute approximate surface area is 182 Å². The lowest BCUT2D eigenvalue weighted by Gasteiger charge is -2.23. The SMILES string of the molecule is C=CCOc1cccc(C2/C(=C(\O)c3ccncc3)C(=O)C(=O)N2c2nnc(C)s2)c1.